The standard InChI is InChI=1S/C15H26O2/c1-4-10-16-12-15(13-17-11-5-2)9-7-6-8-14(15)3/h4-5,14H,1-2,6-13H2,3H3. The quantitative estimate of drug-likeness (QED) is 0.475. The summed E-state index contributed by atoms with van der Waals surface area (Å²) in [5, 5.41) is 0. The lowest BCUT2D eigenvalue weighted by molar-refractivity contribution is -0.0604. The van der Waals surface area contributed by atoms with Gasteiger partial charge in [-0.2, -0.15) is 0 Å². The van der Waals surface area contributed by atoms with Crippen molar-refractivity contribution in [3.05, 3.63) is 25.3 Å². The average molecular weight is 238 g/mol. The van der Waals surface area contributed by atoms with Crippen LogP contribution in [-0.4, -0.2) is 26.4 Å². The van der Waals surface area contributed by atoms with Crippen molar-refractivity contribution in [2.24, 2.45) is 11.3 Å². The molecule has 0 radical (unpaired) electrons. The molecule has 0 spiro atoms. The minimum Gasteiger partial charge on any atom is -0.377 e. The highest BCUT2D eigenvalue weighted by atomic mass is 16.5. The Bertz CT molecular complexity index is 221. The molecule has 0 aromatic carbocycles. The Morgan fingerprint density at radius 2 is 1.71 bits per heavy atom. The van der Waals surface area contributed by atoms with Gasteiger partial charge in [-0.05, 0) is 12.3 Å². The topological polar surface area (TPSA) is 18.5 Å². The molecule has 1 rings (SSSR count). The average Bonchev–Trinajstić information content (AvgIpc) is 2.33. The van der Waals surface area contributed by atoms with Crippen LogP contribution >= 0.6 is 0 Å². The van der Waals surface area contributed by atoms with Gasteiger partial charge in [0.2, 0.25) is 0 Å². The SMILES string of the molecule is C=CCOCC1(COCC=C)CCCCC1C. The molecular weight excluding hydrogens is 212 g/mol. The van der Waals surface area contributed by atoms with Gasteiger partial charge in [0.25, 0.3) is 0 Å². The fraction of sp³-hybridized carbons (Fsp3) is 0.733. The molecule has 0 bridgehead atoms. The van der Waals surface area contributed by atoms with Crippen LogP contribution in [0.5, 0.6) is 0 Å². The van der Waals surface area contributed by atoms with Gasteiger partial charge in [0.15, 0.2) is 0 Å². The van der Waals surface area contributed by atoms with E-state index in [0.29, 0.717) is 19.1 Å². The van der Waals surface area contributed by atoms with Gasteiger partial charge < -0.3 is 9.47 Å². The van der Waals surface area contributed by atoms with E-state index in [2.05, 4.69) is 20.1 Å². The summed E-state index contributed by atoms with van der Waals surface area (Å²) in [6, 6.07) is 0. The van der Waals surface area contributed by atoms with Crippen molar-refractivity contribution in [3.8, 4) is 0 Å². The van der Waals surface area contributed by atoms with Crippen LogP contribution in [0, 0.1) is 11.3 Å². The molecule has 1 aliphatic rings. The molecule has 0 heterocycles. The van der Waals surface area contributed by atoms with E-state index < -0.39 is 0 Å². The third kappa shape index (κ3) is 4.29. The van der Waals surface area contributed by atoms with Crippen LogP contribution in [0.1, 0.15) is 32.6 Å². The van der Waals surface area contributed by atoms with Crippen molar-refractivity contribution in [1.29, 1.82) is 0 Å². The maximum Gasteiger partial charge on any atom is 0.0645 e. The Hall–Kier alpha value is -0.600. The molecule has 2 heteroatoms. The lowest BCUT2D eigenvalue weighted by atomic mass is 9.68. The molecule has 98 valence electrons. The Morgan fingerprint density at radius 3 is 2.18 bits per heavy atom. The second-order valence-electron chi connectivity index (χ2n) is 5.12. The maximum absolute atomic E-state index is 5.70. The van der Waals surface area contributed by atoms with Crippen molar-refractivity contribution >= 4 is 0 Å². The van der Waals surface area contributed by atoms with Crippen LogP contribution in [0.3, 0.4) is 0 Å². The van der Waals surface area contributed by atoms with Crippen molar-refractivity contribution in [3.63, 3.8) is 0 Å². The molecule has 2 nitrogen and oxygen atoms in total. The predicted molar refractivity (Wildman–Crippen MR) is 72.1 cm³/mol. The van der Waals surface area contributed by atoms with E-state index in [0.717, 1.165) is 13.2 Å². The van der Waals surface area contributed by atoms with Crippen LogP contribution in [0.2, 0.25) is 0 Å². The summed E-state index contributed by atoms with van der Waals surface area (Å²) >= 11 is 0. The van der Waals surface area contributed by atoms with Crippen molar-refractivity contribution in [2.75, 3.05) is 26.4 Å². The number of hydrogen-bond acceptors (Lipinski definition) is 2. The lowest BCUT2D eigenvalue weighted by Crippen LogP contribution is -2.41. The monoisotopic (exact) mass is 238 g/mol. The second-order valence-corrected chi connectivity index (χ2v) is 5.12. The van der Waals surface area contributed by atoms with Crippen LogP contribution in [0.4, 0.5) is 0 Å². The van der Waals surface area contributed by atoms with Gasteiger partial charge in [-0.1, -0.05) is 38.3 Å². The Labute approximate surface area is 106 Å². The molecule has 0 aliphatic heterocycles. The maximum atomic E-state index is 5.70. The van der Waals surface area contributed by atoms with Crippen LogP contribution < -0.4 is 0 Å². The van der Waals surface area contributed by atoms with E-state index in [1.807, 2.05) is 12.2 Å². The predicted octanol–water partition coefficient (Wildman–Crippen LogP) is 3.59. The van der Waals surface area contributed by atoms with Crippen LogP contribution in [0.25, 0.3) is 0 Å². The van der Waals surface area contributed by atoms with Crippen molar-refractivity contribution in [1.82, 2.24) is 0 Å². The van der Waals surface area contributed by atoms with Gasteiger partial charge in [-0.25, -0.2) is 0 Å². The zero-order chi connectivity index (χ0) is 12.6. The van der Waals surface area contributed by atoms with E-state index in [-0.39, 0.29) is 5.41 Å². The molecule has 1 fully saturated rings. The summed E-state index contributed by atoms with van der Waals surface area (Å²) in [5.74, 6) is 0.672. The first-order valence-electron chi connectivity index (χ1n) is 6.62. The first-order valence-corrected chi connectivity index (χ1v) is 6.62. The molecule has 1 unspecified atom stereocenters. The molecule has 1 aliphatic carbocycles. The van der Waals surface area contributed by atoms with Crippen molar-refractivity contribution in [2.45, 2.75) is 32.6 Å². The molecule has 0 N–H and O–H groups in total. The van der Waals surface area contributed by atoms with E-state index in [9.17, 15) is 0 Å². The summed E-state index contributed by atoms with van der Waals surface area (Å²) in [4.78, 5) is 0. The Morgan fingerprint density at radius 1 is 1.12 bits per heavy atom. The molecule has 0 aromatic heterocycles. The zero-order valence-corrected chi connectivity index (χ0v) is 11.1. The summed E-state index contributed by atoms with van der Waals surface area (Å²) in [6.07, 6.45) is 8.75. The summed E-state index contributed by atoms with van der Waals surface area (Å²) < 4.78 is 11.4. The first-order chi connectivity index (χ1) is 8.25. The normalized spacial score (nSPS) is 23.2. The van der Waals surface area contributed by atoms with Crippen LogP contribution in [0.15, 0.2) is 25.3 Å². The van der Waals surface area contributed by atoms with Gasteiger partial charge in [0.05, 0.1) is 26.4 Å². The van der Waals surface area contributed by atoms with Gasteiger partial charge in [-0.15, -0.1) is 13.2 Å². The molecule has 1 saturated carbocycles. The lowest BCUT2D eigenvalue weighted by Gasteiger charge is -2.42. The third-order valence-corrected chi connectivity index (χ3v) is 3.86. The van der Waals surface area contributed by atoms with Gasteiger partial charge in [0, 0.05) is 5.41 Å². The number of ether oxygens (including phenoxy) is 2. The largest absolute Gasteiger partial charge is 0.377 e. The fourth-order valence-electron chi connectivity index (χ4n) is 2.64. The smallest absolute Gasteiger partial charge is 0.0645 e. The Kier molecular flexibility index (Phi) is 6.53. The summed E-state index contributed by atoms with van der Waals surface area (Å²) in [6.45, 7) is 12.6. The molecule has 0 aromatic rings. The van der Waals surface area contributed by atoms with E-state index >= 15 is 0 Å². The van der Waals surface area contributed by atoms with Gasteiger partial charge >= 0.3 is 0 Å². The zero-order valence-electron chi connectivity index (χ0n) is 11.1. The Balaban J connectivity index is 2.53. The molecule has 1 atom stereocenters. The second kappa shape index (κ2) is 7.67. The minimum atomic E-state index is 0.199. The minimum absolute atomic E-state index is 0.199. The number of hydrogen-bond donors (Lipinski definition) is 0. The third-order valence-electron chi connectivity index (χ3n) is 3.86. The van der Waals surface area contributed by atoms with Crippen LogP contribution in [-0.2, 0) is 9.47 Å². The van der Waals surface area contributed by atoms with Gasteiger partial charge in [0.1, 0.15) is 0 Å². The highest BCUT2D eigenvalue weighted by Gasteiger charge is 2.38. The van der Waals surface area contributed by atoms with E-state index in [4.69, 9.17) is 9.47 Å². The molecular formula is C15H26O2. The highest BCUT2D eigenvalue weighted by molar-refractivity contribution is 4.88. The molecule has 17 heavy (non-hydrogen) atoms. The van der Waals surface area contributed by atoms with Gasteiger partial charge in [-0.3, -0.25) is 0 Å². The van der Waals surface area contributed by atoms with E-state index in [1.165, 1.54) is 25.7 Å². The number of rotatable bonds is 8. The molecule has 0 amide bonds. The highest BCUT2D eigenvalue weighted by Crippen LogP contribution is 2.41. The van der Waals surface area contributed by atoms with E-state index in [1.54, 1.807) is 0 Å². The molecule has 0 saturated heterocycles. The summed E-state index contributed by atoms with van der Waals surface area (Å²) in [5.41, 5.74) is 0.199. The first kappa shape index (κ1) is 14.5. The van der Waals surface area contributed by atoms with Crippen molar-refractivity contribution < 1.29 is 9.47 Å². The summed E-state index contributed by atoms with van der Waals surface area (Å²) in [7, 11) is 0. The fourth-order valence-corrected chi connectivity index (χ4v) is 2.64.